The van der Waals surface area contributed by atoms with Crippen LogP contribution < -0.4 is 10.6 Å². The van der Waals surface area contributed by atoms with Crippen LogP contribution in [0.3, 0.4) is 0 Å². The Labute approximate surface area is 220 Å². The van der Waals surface area contributed by atoms with Crippen LogP contribution in [0.1, 0.15) is 69.3 Å². The quantitative estimate of drug-likeness (QED) is 0.430. The molecule has 0 aliphatic carbocycles. The van der Waals surface area contributed by atoms with E-state index in [0.717, 1.165) is 23.1 Å². The molecular weight excluding hydrogens is 470 g/mol. The zero-order chi connectivity index (χ0) is 27.8. The zero-order valence-electron chi connectivity index (χ0n) is 23.1. The van der Waals surface area contributed by atoms with Crippen molar-refractivity contribution < 1.29 is 24.2 Å². The fraction of sp³-hybridized carbons (Fsp3) is 0.483. The lowest BCUT2D eigenvalue weighted by Gasteiger charge is -2.34. The maximum Gasteiger partial charge on any atom is 0.408 e. The van der Waals surface area contributed by atoms with E-state index in [1.54, 1.807) is 20.8 Å². The lowest BCUT2D eigenvalue weighted by molar-refractivity contribution is -0.141. The number of carbonyl (C=O) groups is 3. The van der Waals surface area contributed by atoms with E-state index in [-0.39, 0.29) is 12.5 Å². The van der Waals surface area contributed by atoms with Gasteiger partial charge in [-0.25, -0.2) is 4.79 Å². The first-order valence-electron chi connectivity index (χ1n) is 12.8. The predicted octanol–water partition coefficient (Wildman–Crippen LogP) is 4.67. The number of nitrogens with zero attached hydrogens (tertiary/aromatic N) is 1. The van der Waals surface area contributed by atoms with Crippen molar-refractivity contribution in [3.05, 3.63) is 64.7 Å². The Morgan fingerprint density at radius 2 is 1.59 bits per heavy atom. The van der Waals surface area contributed by atoms with Gasteiger partial charge in [0.25, 0.3) is 5.91 Å². The average Bonchev–Trinajstić information content (AvgIpc) is 2.83. The summed E-state index contributed by atoms with van der Waals surface area (Å²) in [6.45, 7) is 12.5. The SMILES string of the molecule is CCCN(C(=O)C(CO)NC(=O)OC(C)(C)C)C(C(=O)Nc1c(C)cccc1C)c1ccc(CC)cc1. The highest BCUT2D eigenvalue weighted by Crippen LogP contribution is 2.27. The number of rotatable bonds is 10. The number of aryl methyl sites for hydroxylation is 3. The van der Waals surface area contributed by atoms with Gasteiger partial charge < -0.3 is 25.4 Å². The molecule has 0 bridgehead atoms. The summed E-state index contributed by atoms with van der Waals surface area (Å²) in [6, 6.07) is 11.1. The average molecular weight is 512 g/mol. The highest BCUT2D eigenvalue weighted by molar-refractivity contribution is 5.99. The summed E-state index contributed by atoms with van der Waals surface area (Å²) in [5.74, 6) is -0.950. The second kappa shape index (κ2) is 13.2. The van der Waals surface area contributed by atoms with Crippen molar-refractivity contribution in [3.8, 4) is 0 Å². The molecule has 2 aromatic rings. The zero-order valence-corrected chi connectivity index (χ0v) is 23.1. The van der Waals surface area contributed by atoms with Gasteiger partial charge in [0.1, 0.15) is 17.7 Å². The van der Waals surface area contributed by atoms with E-state index >= 15 is 0 Å². The number of alkyl carbamates (subject to hydrolysis) is 1. The molecule has 3 N–H and O–H groups in total. The number of nitrogens with one attached hydrogen (secondary N) is 2. The Morgan fingerprint density at radius 1 is 1.00 bits per heavy atom. The largest absolute Gasteiger partial charge is 0.444 e. The minimum Gasteiger partial charge on any atom is -0.444 e. The fourth-order valence-electron chi connectivity index (χ4n) is 4.05. The lowest BCUT2D eigenvalue weighted by atomic mass is 9.99. The number of hydrogen-bond donors (Lipinski definition) is 3. The van der Waals surface area contributed by atoms with Crippen LogP contribution in [0, 0.1) is 13.8 Å². The van der Waals surface area contributed by atoms with Gasteiger partial charge >= 0.3 is 6.09 Å². The molecule has 0 heterocycles. The molecule has 0 fully saturated rings. The molecule has 37 heavy (non-hydrogen) atoms. The van der Waals surface area contributed by atoms with E-state index in [1.807, 2.05) is 70.2 Å². The van der Waals surface area contributed by atoms with Gasteiger partial charge in [-0.1, -0.05) is 56.3 Å². The number of anilines is 1. The van der Waals surface area contributed by atoms with Gasteiger partial charge in [0.05, 0.1) is 6.61 Å². The Morgan fingerprint density at radius 3 is 2.08 bits per heavy atom. The topological polar surface area (TPSA) is 108 Å². The molecule has 8 heteroatoms. The van der Waals surface area contributed by atoms with Crippen LogP contribution >= 0.6 is 0 Å². The van der Waals surface area contributed by atoms with Gasteiger partial charge in [-0.3, -0.25) is 9.59 Å². The Kier molecular flexibility index (Phi) is 10.7. The van der Waals surface area contributed by atoms with E-state index in [0.29, 0.717) is 17.7 Å². The standard InChI is InChI=1S/C29H41N3O5/c1-8-17-32(27(35)23(18-33)30-28(36)37-29(5,6)7)25(22-15-13-21(9-2)14-16-22)26(34)31-24-19(3)11-10-12-20(24)4/h10-16,23,25,33H,8-9,17-18H2,1-7H3,(H,30,36)(H,31,34). The number of aliphatic hydroxyl groups is 1. The highest BCUT2D eigenvalue weighted by atomic mass is 16.6. The summed E-state index contributed by atoms with van der Waals surface area (Å²) in [7, 11) is 0. The molecule has 2 rings (SSSR count). The number of hydrogen-bond acceptors (Lipinski definition) is 5. The van der Waals surface area contributed by atoms with Crippen LogP contribution in [0.15, 0.2) is 42.5 Å². The van der Waals surface area contributed by atoms with Crippen molar-refractivity contribution >= 4 is 23.6 Å². The first-order valence-corrected chi connectivity index (χ1v) is 12.8. The number of aliphatic hydroxyl groups excluding tert-OH is 1. The second-order valence-corrected chi connectivity index (χ2v) is 10.2. The molecule has 0 aromatic heterocycles. The van der Waals surface area contributed by atoms with Crippen molar-refractivity contribution in [2.45, 2.75) is 79.0 Å². The summed E-state index contributed by atoms with van der Waals surface area (Å²) < 4.78 is 5.27. The van der Waals surface area contributed by atoms with Crippen LogP contribution in [-0.2, 0) is 20.7 Å². The molecule has 0 aliphatic heterocycles. The molecule has 0 aliphatic rings. The van der Waals surface area contributed by atoms with Crippen molar-refractivity contribution in [2.24, 2.45) is 0 Å². The normalized spacial score (nSPS) is 12.9. The summed E-state index contributed by atoms with van der Waals surface area (Å²) in [5.41, 5.74) is 3.47. The Balaban J connectivity index is 2.49. The van der Waals surface area contributed by atoms with Crippen molar-refractivity contribution in [1.82, 2.24) is 10.2 Å². The number of para-hydroxylation sites is 1. The van der Waals surface area contributed by atoms with Gasteiger partial charge in [-0.05, 0) is 69.7 Å². The number of amides is 3. The molecule has 0 spiro atoms. The third kappa shape index (κ3) is 8.32. The molecule has 202 valence electrons. The minimum atomic E-state index is -1.27. The number of ether oxygens (including phenoxy) is 1. The molecule has 2 aromatic carbocycles. The highest BCUT2D eigenvalue weighted by Gasteiger charge is 2.36. The number of carbonyl (C=O) groups excluding carboxylic acids is 3. The van der Waals surface area contributed by atoms with Crippen molar-refractivity contribution in [1.29, 1.82) is 0 Å². The monoisotopic (exact) mass is 511 g/mol. The molecule has 3 amide bonds. The molecule has 0 saturated carbocycles. The molecule has 8 nitrogen and oxygen atoms in total. The minimum absolute atomic E-state index is 0.242. The maximum absolute atomic E-state index is 13.8. The van der Waals surface area contributed by atoms with Gasteiger partial charge in [-0.2, -0.15) is 0 Å². The summed E-state index contributed by atoms with van der Waals surface area (Å²) in [4.78, 5) is 41.3. The Hall–Kier alpha value is -3.39. The van der Waals surface area contributed by atoms with Crippen molar-refractivity contribution in [3.63, 3.8) is 0 Å². The van der Waals surface area contributed by atoms with Gasteiger partial charge in [-0.15, -0.1) is 0 Å². The summed E-state index contributed by atoms with van der Waals surface area (Å²) >= 11 is 0. The van der Waals surface area contributed by atoms with Crippen molar-refractivity contribution in [2.75, 3.05) is 18.5 Å². The smallest absolute Gasteiger partial charge is 0.408 e. The second-order valence-electron chi connectivity index (χ2n) is 10.2. The molecule has 0 saturated heterocycles. The van der Waals surface area contributed by atoms with E-state index in [1.165, 1.54) is 4.90 Å². The van der Waals surface area contributed by atoms with Gasteiger partial charge in [0.15, 0.2) is 0 Å². The predicted molar refractivity (Wildman–Crippen MR) is 145 cm³/mol. The van der Waals surface area contributed by atoms with E-state index < -0.39 is 36.3 Å². The van der Waals surface area contributed by atoms with E-state index in [9.17, 15) is 19.5 Å². The first kappa shape index (κ1) is 29.8. The van der Waals surface area contributed by atoms with Crippen LogP contribution in [0.4, 0.5) is 10.5 Å². The van der Waals surface area contributed by atoms with Gasteiger partial charge in [0.2, 0.25) is 5.91 Å². The number of benzene rings is 2. The molecule has 2 unspecified atom stereocenters. The molecular formula is C29H41N3O5. The van der Waals surface area contributed by atoms with Crippen LogP contribution in [0.25, 0.3) is 0 Å². The van der Waals surface area contributed by atoms with E-state index in [2.05, 4.69) is 10.6 Å². The molecule has 2 atom stereocenters. The fourth-order valence-corrected chi connectivity index (χ4v) is 4.05. The summed E-state index contributed by atoms with van der Waals surface area (Å²) in [6.07, 6.45) is 0.584. The third-order valence-corrected chi connectivity index (χ3v) is 5.91. The van der Waals surface area contributed by atoms with Crippen LogP contribution in [0.2, 0.25) is 0 Å². The van der Waals surface area contributed by atoms with Crippen LogP contribution in [-0.4, -0.2) is 52.7 Å². The van der Waals surface area contributed by atoms with Crippen LogP contribution in [0.5, 0.6) is 0 Å². The lowest BCUT2D eigenvalue weighted by Crippen LogP contribution is -2.54. The van der Waals surface area contributed by atoms with Gasteiger partial charge in [0, 0.05) is 12.2 Å². The third-order valence-electron chi connectivity index (χ3n) is 5.91. The summed E-state index contributed by atoms with van der Waals surface area (Å²) in [5, 5.41) is 15.5. The maximum atomic E-state index is 13.8. The Bertz CT molecular complexity index is 1060. The van der Waals surface area contributed by atoms with E-state index in [4.69, 9.17) is 4.74 Å². The molecule has 0 radical (unpaired) electrons. The first-order chi connectivity index (χ1) is 17.4.